The lowest BCUT2D eigenvalue weighted by Gasteiger charge is -1.97. The molecule has 0 aromatic heterocycles. The summed E-state index contributed by atoms with van der Waals surface area (Å²) in [5.41, 5.74) is 0.349. The van der Waals surface area contributed by atoms with Crippen LogP contribution in [-0.2, 0) is 0 Å². The standard InChI is InChI=1S/C9H6FNO/c1-6(12)9-4-8(10)3-2-7(9)5-11/h2-4H,1H3. The van der Waals surface area contributed by atoms with Crippen LogP contribution in [0.2, 0.25) is 0 Å². The van der Waals surface area contributed by atoms with Crippen LogP contribution in [0.3, 0.4) is 0 Å². The van der Waals surface area contributed by atoms with E-state index in [0.717, 1.165) is 12.1 Å². The van der Waals surface area contributed by atoms with E-state index in [-0.39, 0.29) is 16.9 Å². The molecule has 0 fully saturated rings. The smallest absolute Gasteiger partial charge is 0.161 e. The number of hydrogen-bond donors (Lipinski definition) is 0. The summed E-state index contributed by atoms with van der Waals surface area (Å²) in [5, 5.41) is 8.53. The zero-order valence-electron chi connectivity index (χ0n) is 6.47. The van der Waals surface area contributed by atoms with E-state index in [1.807, 2.05) is 6.07 Å². The molecular weight excluding hydrogens is 157 g/mol. The third kappa shape index (κ3) is 1.48. The SMILES string of the molecule is CC(=O)c1cc(F)ccc1C#N. The van der Waals surface area contributed by atoms with E-state index in [9.17, 15) is 9.18 Å². The number of benzene rings is 1. The zero-order valence-corrected chi connectivity index (χ0v) is 6.47. The molecule has 12 heavy (non-hydrogen) atoms. The third-order valence-corrected chi connectivity index (χ3v) is 1.48. The maximum absolute atomic E-state index is 12.6. The minimum atomic E-state index is -0.501. The van der Waals surface area contributed by atoms with Crippen LogP contribution < -0.4 is 0 Å². The molecule has 0 saturated carbocycles. The minimum absolute atomic E-state index is 0.137. The van der Waals surface area contributed by atoms with Gasteiger partial charge in [-0.05, 0) is 25.1 Å². The molecule has 1 aromatic carbocycles. The summed E-state index contributed by atoms with van der Waals surface area (Å²) in [6.45, 7) is 1.30. The molecule has 0 heterocycles. The molecule has 0 aliphatic rings. The molecule has 1 aromatic rings. The lowest BCUT2D eigenvalue weighted by Crippen LogP contribution is -1.97. The largest absolute Gasteiger partial charge is 0.294 e. The van der Waals surface area contributed by atoms with Crippen LogP contribution in [0.1, 0.15) is 22.8 Å². The highest BCUT2D eigenvalue weighted by atomic mass is 19.1. The van der Waals surface area contributed by atoms with Gasteiger partial charge < -0.3 is 0 Å². The number of Topliss-reactive ketones (excluding diaryl/α,β-unsaturated/α-hetero) is 1. The molecule has 0 spiro atoms. The predicted molar refractivity (Wildman–Crippen MR) is 41.1 cm³/mol. The normalized spacial score (nSPS) is 9.08. The van der Waals surface area contributed by atoms with Crippen molar-refractivity contribution in [3.05, 3.63) is 35.1 Å². The van der Waals surface area contributed by atoms with Gasteiger partial charge in [0, 0.05) is 5.56 Å². The number of halogens is 1. The Hall–Kier alpha value is -1.69. The molecule has 0 aliphatic carbocycles. The molecule has 0 unspecified atom stereocenters. The number of carbonyl (C=O) groups excluding carboxylic acids is 1. The van der Waals surface area contributed by atoms with E-state index < -0.39 is 5.82 Å². The Kier molecular flexibility index (Phi) is 2.20. The maximum Gasteiger partial charge on any atom is 0.161 e. The number of nitriles is 1. The Morgan fingerprint density at radius 1 is 1.58 bits per heavy atom. The van der Waals surface area contributed by atoms with Crippen molar-refractivity contribution >= 4 is 5.78 Å². The number of carbonyl (C=O) groups is 1. The Morgan fingerprint density at radius 3 is 2.75 bits per heavy atom. The van der Waals surface area contributed by atoms with Gasteiger partial charge >= 0.3 is 0 Å². The molecule has 0 amide bonds. The fourth-order valence-electron chi connectivity index (χ4n) is 0.905. The Morgan fingerprint density at radius 2 is 2.25 bits per heavy atom. The van der Waals surface area contributed by atoms with E-state index in [4.69, 9.17) is 5.26 Å². The van der Waals surface area contributed by atoms with Crippen LogP contribution in [-0.4, -0.2) is 5.78 Å². The van der Waals surface area contributed by atoms with Crippen molar-refractivity contribution in [2.75, 3.05) is 0 Å². The van der Waals surface area contributed by atoms with Crippen LogP contribution >= 0.6 is 0 Å². The van der Waals surface area contributed by atoms with Crippen molar-refractivity contribution in [2.24, 2.45) is 0 Å². The molecule has 0 atom stereocenters. The summed E-state index contributed by atoms with van der Waals surface area (Å²) in [7, 11) is 0. The molecule has 3 heteroatoms. The quantitative estimate of drug-likeness (QED) is 0.593. The first-order valence-electron chi connectivity index (χ1n) is 3.35. The molecule has 0 saturated heterocycles. The number of rotatable bonds is 1. The van der Waals surface area contributed by atoms with Crippen molar-refractivity contribution < 1.29 is 9.18 Å². The highest BCUT2D eigenvalue weighted by Crippen LogP contribution is 2.10. The van der Waals surface area contributed by atoms with Crippen molar-refractivity contribution in [3.63, 3.8) is 0 Å². The van der Waals surface area contributed by atoms with Crippen molar-refractivity contribution in [1.82, 2.24) is 0 Å². The van der Waals surface area contributed by atoms with Gasteiger partial charge in [0.2, 0.25) is 0 Å². The predicted octanol–water partition coefficient (Wildman–Crippen LogP) is 1.90. The van der Waals surface area contributed by atoms with Crippen LogP contribution in [0.15, 0.2) is 18.2 Å². The van der Waals surface area contributed by atoms with E-state index >= 15 is 0 Å². The molecule has 0 N–H and O–H groups in total. The average Bonchev–Trinajstić information content (AvgIpc) is 2.04. The van der Waals surface area contributed by atoms with Crippen molar-refractivity contribution in [1.29, 1.82) is 5.26 Å². The Labute approximate surface area is 69.2 Å². The van der Waals surface area contributed by atoms with Gasteiger partial charge in [-0.2, -0.15) is 5.26 Å². The van der Waals surface area contributed by atoms with E-state index in [0.29, 0.717) is 0 Å². The summed E-state index contributed by atoms with van der Waals surface area (Å²) in [5.74, 6) is -0.801. The van der Waals surface area contributed by atoms with Gasteiger partial charge in [-0.25, -0.2) is 4.39 Å². The van der Waals surface area contributed by atoms with Crippen LogP contribution in [0.25, 0.3) is 0 Å². The average molecular weight is 163 g/mol. The number of ketones is 1. The van der Waals surface area contributed by atoms with Gasteiger partial charge in [0.05, 0.1) is 11.6 Å². The fraction of sp³-hybridized carbons (Fsp3) is 0.111. The summed E-state index contributed by atoms with van der Waals surface area (Å²) >= 11 is 0. The van der Waals surface area contributed by atoms with E-state index in [2.05, 4.69) is 0 Å². The minimum Gasteiger partial charge on any atom is -0.294 e. The molecule has 2 nitrogen and oxygen atoms in total. The first kappa shape index (κ1) is 8.41. The second kappa shape index (κ2) is 3.14. The second-order valence-corrected chi connectivity index (χ2v) is 2.36. The third-order valence-electron chi connectivity index (χ3n) is 1.48. The highest BCUT2D eigenvalue weighted by molar-refractivity contribution is 5.96. The van der Waals surface area contributed by atoms with Gasteiger partial charge in [0.15, 0.2) is 5.78 Å². The number of hydrogen-bond acceptors (Lipinski definition) is 2. The van der Waals surface area contributed by atoms with Gasteiger partial charge in [0.25, 0.3) is 0 Å². The van der Waals surface area contributed by atoms with E-state index in [1.165, 1.54) is 13.0 Å². The maximum atomic E-state index is 12.6. The summed E-state index contributed by atoms with van der Waals surface area (Å²) in [4.78, 5) is 10.9. The fourth-order valence-corrected chi connectivity index (χ4v) is 0.905. The van der Waals surface area contributed by atoms with Gasteiger partial charge in [-0.15, -0.1) is 0 Å². The monoisotopic (exact) mass is 163 g/mol. The lowest BCUT2D eigenvalue weighted by molar-refractivity contribution is 0.101. The molecule has 60 valence electrons. The molecule has 1 rings (SSSR count). The highest BCUT2D eigenvalue weighted by Gasteiger charge is 2.07. The zero-order chi connectivity index (χ0) is 9.14. The molecule has 0 aliphatic heterocycles. The van der Waals surface area contributed by atoms with Gasteiger partial charge in [0.1, 0.15) is 5.82 Å². The summed E-state index contributed by atoms with van der Waals surface area (Å²) in [6.07, 6.45) is 0. The first-order chi connectivity index (χ1) is 5.65. The molecular formula is C9H6FNO. The Balaban J connectivity index is 3.34. The first-order valence-corrected chi connectivity index (χ1v) is 3.35. The molecule has 0 bridgehead atoms. The second-order valence-electron chi connectivity index (χ2n) is 2.36. The van der Waals surface area contributed by atoms with Crippen molar-refractivity contribution in [3.8, 4) is 6.07 Å². The van der Waals surface area contributed by atoms with E-state index in [1.54, 1.807) is 0 Å². The molecule has 0 radical (unpaired) electrons. The van der Waals surface area contributed by atoms with Crippen LogP contribution in [0, 0.1) is 17.1 Å². The topological polar surface area (TPSA) is 40.9 Å². The lowest BCUT2D eigenvalue weighted by atomic mass is 10.1. The van der Waals surface area contributed by atoms with Crippen LogP contribution in [0.5, 0.6) is 0 Å². The van der Waals surface area contributed by atoms with Gasteiger partial charge in [-0.3, -0.25) is 4.79 Å². The number of nitrogens with zero attached hydrogens (tertiary/aromatic N) is 1. The van der Waals surface area contributed by atoms with Crippen LogP contribution in [0.4, 0.5) is 4.39 Å². The summed E-state index contributed by atoms with van der Waals surface area (Å²) < 4.78 is 12.6. The van der Waals surface area contributed by atoms with Gasteiger partial charge in [-0.1, -0.05) is 0 Å². The Bertz CT molecular complexity index is 365. The summed E-state index contributed by atoms with van der Waals surface area (Å²) in [6, 6.07) is 5.34. The van der Waals surface area contributed by atoms with Crippen molar-refractivity contribution in [2.45, 2.75) is 6.92 Å².